The van der Waals surface area contributed by atoms with E-state index in [1.54, 1.807) is 0 Å². The summed E-state index contributed by atoms with van der Waals surface area (Å²) in [7, 11) is -3.32. The molecule has 0 atom stereocenters. The number of benzene rings is 9. The maximum atomic E-state index is 2.56. The van der Waals surface area contributed by atoms with Crippen molar-refractivity contribution in [1.82, 2.24) is 0 Å². The smallest absolute Gasteiger partial charge is 1.00 e. The molecule has 0 amide bonds. The summed E-state index contributed by atoms with van der Waals surface area (Å²) in [6, 6.07) is 88.4. The Bertz CT molecular complexity index is 2660. The van der Waals surface area contributed by atoms with Gasteiger partial charge in [0.05, 0.1) is 0 Å². The Kier molecular flexibility index (Phi) is 15.5. The van der Waals surface area contributed by atoms with Crippen molar-refractivity contribution in [2.75, 3.05) is 0 Å². The van der Waals surface area contributed by atoms with Crippen LogP contribution in [0, 0.1) is 0 Å². The SMILES string of the molecule is CC1=C([Si](c2cc(-c3ccccc3)cc(-c3ccccc3)c2)(c2cc(-c3ccccc3)cc(-c3ccccc3)c2)c2cc(-c3ccccc3)cc(-c3ccccc3)c2)C(C)=[C]([Ti+3])C1.[Cl-].[Cl-].[Cl-]. The Morgan fingerprint density at radius 1 is 0.303 bits per heavy atom. The van der Waals surface area contributed by atoms with Gasteiger partial charge in [-0.15, -0.1) is 0 Å². The monoisotopic (exact) mass is 960 g/mol. The minimum absolute atomic E-state index is 0. The zero-order valence-electron chi connectivity index (χ0n) is 36.9. The van der Waals surface area contributed by atoms with Crippen molar-refractivity contribution in [3.63, 3.8) is 0 Å². The van der Waals surface area contributed by atoms with E-state index in [1.165, 1.54) is 103 Å². The first-order chi connectivity index (χ1) is 31.0. The third-order valence-electron chi connectivity index (χ3n) is 12.8. The van der Waals surface area contributed by atoms with E-state index in [-0.39, 0.29) is 37.2 Å². The zero-order valence-corrected chi connectivity index (χ0v) is 41.7. The van der Waals surface area contributed by atoms with Crippen LogP contribution in [0.15, 0.2) is 257 Å². The number of rotatable bonds is 10. The Labute approximate surface area is 421 Å². The molecule has 5 heteroatoms. The molecule has 0 fully saturated rings. The zero-order chi connectivity index (χ0) is 42.8. The van der Waals surface area contributed by atoms with Gasteiger partial charge in [-0.2, -0.15) is 0 Å². The van der Waals surface area contributed by atoms with E-state index in [1.807, 2.05) is 0 Å². The quantitative estimate of drug-likeness (QED) is 0.130. The fourth-order valence-electron chi connectivity index (χ4n) is 9.81. The van der Waals surface area contributed by atoms with Crippen molar-refractivity contribution < 1.29 is 57.7 Å². The van der Waals surface area contributed by atoms with Crippen molar-refractivity contribution in [2.45, 2.75) is 20.3 Å². The van der Waals surface area contributed by atoms with Crippen LogP contribution >= 0.6 is 0 Å². The average Bonchev–Trinajstić information content (AvgIpc) is 3.62. The van der Waals surface area contributed by atoms with Gasteiger partial charge in [0.1, 0.15) is 0 Å². The predicted octanol–water partition coefficient (Wildman–Crippen LogP) is 5.25. The van der Waals surface area contributed by atoms with Crippen molar-refractivity contribution in [2.24, 2.45) is 0 Å². The van der Waals surface area contributed by atoms with Crippen molar-refractivity contribution in [1.29, 1.82) is 0 Å². The summed E-state index contributed by atoms with van der Waals surface area (Å²) in [6.45, 7) is 4.81. The summed E-state index contributed by atoms with van der Waals surface area (Å²) < 4.78 is 1.45. The molecule has 66 heavy (non-hydrogen) atoms. The third-order valence-corrected chi connectivity index (χ3v) is 18.7. The molecule has 0 saturated carbocycles. The maximum absolute atomic E-state index is 3.32. The minimum Gasteiger partial charge on any atom is -1.00 e. The normalized spacial score (nSPS) is 12.2. The van der Waals surface area contributed by atoms with Gasteiger partial charge < -0.3 is 37.2 Å². The topological polar surface area (TPSA) is 0 Å². The van der Waals surface area contributed by atoms with Gasteiger partial charge in [0, 0.05) is 0 Å². The number of halogens is 3. The van der Waals surface area contributed by atoms with Crippen molar-refractivity contribution in [3.05, 3.63) is 257 Å². The molecule has 0 heterocycles. The first kappa shape index (κ1) is 48.2. The number of allylic oxidation sites excluding steroid dienone is 4. The number of hydrogen-bond acceptors (Lipinski definition) is 0. The molecule has 1 aliphatic rings. The van der Waals surface area contributed by atoms with Crippen LogP contribution in [0.1, 0.15) is 20.3 Å². The molecule has 320 valence electrons. The van der Waals surface area contributed by atoms with Crippen molar-refractivity contribution in [3.8, 4) is 66.8 Å². The van der Waals surface area contributed by atoms with Gasteiger partial charge in [0.15, 0.2) is 0 Å². The van der Waals surface area contributed by atoms with Gasteiger partial charge in [-0.05, 0) is 0 Å². The van der Waals surface area contributed by atoms with Crippen LogP contribution in [0.5, 0.6) is 0 Å². The molecule has 0 nitrogen and oxygen atoms in total. The minimum atomic E-state index is -3.32. The molecule has 0 saturated heterocycles. The Hall–Kier alpha value is -5.74. The fourth-order valence-corrected chi connectivity index (χ4v) is 16.2. The summed E-state index contributed by atoms with van der Waals surface area (Å²) in [5.41, 5.74) is 17.5. The second-order valence-electron chi connectivity index (χ2n) is 16.8. The van der Waals surface area contributed by atoms with Gasteiger partial charge in [0.2, 0.25) is 0 Å². The van der Waals surface area contributed by atoms with E-state index in [0.29, 0.717) is 0 Å². The molecule has 1 aliphatic carbocycles. The van der Waals surface area contributed by atoms with Gasteiger partial charge >= 0.3 is 388 Å². The van der Waals surface area contributed by atoms with Gasteiger partial charge in [0.25, 0.3) is 0 Å². The van der Waals surface area contributed by atoms with Crippen LogP contribution in [-0.4, -0.2) is 8.07 Å². The van der Waals surface area contributed by atoms with Crippen LogP contribution < -0.4 is 52.8 Å². The van der Waals surface area contributed by atoms with E-state index in [2.05, 4.69) is 271 Å². The fraction of sp³-hybridized carbons (Fsp3) is 0.0492. The molecule has 0 radical (unpaired) electrons. The predicted molar refractivity (Wildman–Crippen MR) is 267 cm³/mol. The summed E-state index contributed by atoms with van der Waals surface area (Å²) in [5, 5.41) is 5.64. The van der Waals surface area contributed by atoms with Crippen LogP contribution in [0.25, 0.3) is 66.8 Å². The van der Waals surface area contributed by atoms with Crippen LogP contribution in [0.2, 0.25) is 0 Å². The summed E-state index contributed by atoms with van der Waals surface area (Å²) in [6.07, 6.45) is 0.966. The maximum Gasteiger partial charge on any atom is -1.00 e. The Morgan fingerprint density at radius 3 is 0.697 bits per heavy atom. The molecule has 0 unspecified atom stereocenters. The second-order valence-corrected chi connectivity index (χ2v) is 21.5. The Balaban J connectivity index is 0.00000216. The van der Waals surface area contributed by atoms with Crippen LogP contribution in [-0.2, 0) is 20.4 Å². The van der Waals surface area contributed by atoms with E-state index in [4.69, 9.17) is 0 Å². The summed E-state index contributed by atoms with van der Waals surface area (Å²) in [4.78, 5) is 0. The molecule has 0 aromatic heterocycles. The first-order valence-electron chi connectivity index (χ1n) is 21.9. The van der Waals surface area contributed by atoms with Crippen LogP contribution in [0.3, 0.4) is 0 Å². The second kappa shape index (κ2) is 21.3. The standard InChI is InChI=1S/C61H47Si.3ClH.Ti/c1-44-33-34-45(2)61(44)62(58-38-52(46-21-9-3-10-22-46)35-53(39-58)47-23-11-4-12-24-47,59-40-54(48-25-13-5-14-26-48)36-55(41-59)49-27-15-6-16-28-49)60-42-56(50-29-17-7-18-30-50)37-57(43-60)51-31-19-8-20-32-51;;;;/h3-32,35-43H,33H2,1-2H3;3*1H;/q;;;;+3/p-3. The van der Waals surface area contributed by atoms with Crippen LogP contribution in [0.4, 0.5) is 0 Å². The van der Waals surface area contributed by atoms with E-state index >= 15 is 0 Å². The summed E-state index contributed by atoms with van der Waals surface area (Å²) in [5.74, 6) is 0. The van der Waals surface area contributed by atoms with E-state index in [0.717, 1.165) is 6.42 Å². The van der Waals surface area contributed by atoms with Crippen molar-refractivity contribution >= 4 is 23.6 Å². The molecule has 0 aliphatic heterocycles. The molecule has 9 aromatic rings. The molecule has 10 rings (SSSR count). The molecule has 0 bridgehead atoms. The largest absolute Gasteiger partial charge is 1.00 e. The first-order valence-corrected chi connectivity index (χ1v) is 24.6. The molecule has 0 spiro atoms. The molecular weight excluding hydrogens is 915 g/mol. The Morgan fingerprint density at radius 2 is 0.515 bits per heavy atom. The molecule has 0 N–H and O–H groups in total. The van der Waals surface area contributed by atoms with E-state index in [9.17, 15) is 0 Å². The third kappa shape index (κ3) is 9.44. The summed E-state index contributed by atoms with van der Waals surface area (Å²) >= 11 is 2.35. The average molecular weight is 962 g/mol. The molecular formula is C61H47Cl3SiTi. The van der Waals surface area contributed by atoms with E-state index < -0.39 is 8.07 Å². The molecule has 9 aromatic carbocycles. The number of hydrogen-bond donors (Lipinski definition) is 0. The van der Waals surface area contributed by atoms with Gasteiger partial charge in [-0.1, -0.05) is 0 Å². The van der Waals surface area contributed by atoms with Gasteiger partial charge in [-0.3, -0.25) is 0 Å². The van der Waals surface area contributed by atoms with Gasteiger partial charge in [-0.25, -0.2) is 0 Å².